The molecule has 0 atom stereocenters. The van der Waals surface area contributed by atoms with Gasteiger partial charge in [-0.15, -0.1) is 0 Å². The molecular weight excluding hydrogens is 445 g/mol. The molecule has 0 aliphatic carbocycles. The van der Waals surface area contributed by atoms with Crippen LogP contribution in [0.3, 0.4) is 0 Å². The van der Waals surface area contributed by atoms with Crippen molar-refractivity contribution >= 4 is 35.6 Å². The Bertz CT molecular complexity index is 1170. The van der Waals surface area contributed by atoms with Crippen molar-refractivity contribution in [3.05, 3.63) is 59.2 Å². The number of carbonyl (C=O) groups excluding carboxylic acids is 4. The molecule has 172 valence electrons. The number of nitrogens with zero attached hydrogens (tertiary/aromatic N) is 1. The minimum atomic E-state index is -4.70. The highest BCUT2D eigenvalue weighted by molar-refractivity contribution is 6.39. The van der Waals surface area contributed by atoms with E-state index >= 15 is 0 Å². The number of esters is 1. The number of halogens is 3. The third kappa shape index (κ3) is 5.20. The topological polar surface area (TPSA) is 102 Å². The van der Waals surface area contributed by atoms with Crippen LogP contribution in [0.4, 0.5) is 23.7 Å². The third-order valence-electron chi connectivity index (χ3n) is 4.37. The van der Waals surface area contributed by atoms with Gasteiger partial charge in [0.1, 0.15) is 5.57 Å². The van der Waals surface area contributed by atoms with E-state index in [0.29, 0.717) is 11.0 Å². The molecule has 1 N–H and O–H groups in total. The van der Waals surface area contributed by atoms with Crippen LogP contribution < -0.4 is 19.7 Å². The van der Waals surface area contributed by atoms with E-state index in [9.17, 15) is 32.3 Å². The van der Waals surface area contributed by atoms with Crippen molar-refractivity contribution in [2.24, 2.45) is 0 Å². The highest BCUT2D eigenvalue weighted by Crippen LogP contribution is 2.33. The number of nitrogens with one attached hydrogen (secondary N) is 1. The Labute approximate surface area is 185 Å². The predicted octanol–water partition coefficient (Wildman–Crippen LogP) is 3.70. The summed E-state index contributed by atoms with van der Waals surface area (Å²) in [5, 5.41) is 1.94. The summed E-state index contributed by atoms with van der Waals surface area (Å²) in [7, 11) is 0. The number of hydrogen-bond donors (Lipinski definition) is 1. The van der Waals surface area contributed by atoms with Gasteiger partial charge in [-0.05, 0) is 48.9 Å². The quantitative estimate of drug-likeness (QED) is 0.315. The molecule has 4 amide bonds. The Kier molecular flexibility index (Phi) is 6.52. The van der Waals surface area contributed by atoms with Crippen LogP contribution in [-0.4, -0.2) is 30.4 Å². The van der Waals surface area contributed by atoms with E-state index in [-0.39, 0.29) is 29.4 Å². The first-order valence-corrected chi connectivity index (χ1v) is 9.55. The van der Waals surface area contributed by atoms with Crippen molar-refractivity contribution in [2.45, 2.75) is 20.0 Å². The summed E-state index contributed by atoms with van der Waals surface area (Å²) in [6.45, 7) is 3.13. The summed E-state index contributed by atoms with van der Waals surface area (Å²) in [5.41, 5.74) is -1.63. The van der Waals surface area contributed by atoms with E-state index in [1.54, 1.807) is 6.92 Å². The van der Waals surface area contributed by atoms with Crippen molar-refractivity contribution in [3.8, 4) is 11.5 Å². The monoisotopic (exact) mass is 462 g/mol. The zero-order chi connectivity index (χ0) is 24.3. The molecule has 1 aliphatic rings. The lowest BCUT2D eigenvalue weighted by Gasteiger charge is -2.27. The van der Waals surface area contributed by atoms with Crippen LogP contribution in [0.1, 0.15) is 25.0 Å². The van der Waals surface area contributed by atoms with Gasteiger partial charge >= 0.3 is 18.2 Å². The van der Waals surface area contributed by atoms with Gasteiger partial charge in [0.25, 0.3) is 11.8 Å². The Balaban J connectivity index is 2.01. The summed E-state index contributed by atoms with van der Waals surface area (Å²) in [5.74, 6) is -2.43. The van der Waals surface area contributed by atoms with Gasteiger partial charge in [0.15, 0.2) is 11.5 Å². The second-order valence-corrected chi connectivity index (χ2v) is 6.74. The first kappa shape index (κ1) is 23.5. The van der Waals surface area contributed by atoms with Gasteiger partial charge in [0.05, 0.1) is 17.9 Å². The molecule has 8 nitrogen and oxygen atoms in total. The summed E-state index contributed by atoms with van der Waals surface area (Å²) >= 11 is 0. The molecule has 0 saturated carbocycles. The zero-order valence-corrected chi connectivity index (χ0v) is 17.4. The van der Waals surface area contributed by atoms with E-state index in [4.69, 9.17) is 9.47 Å². The molecule has 1 saturated heterocycles. The molecule has 1 aliphatic heterocycles. The number of benzene rings is 2. The zero-order valence-electron chi connectivity index (χ0n) is 17.4. The lowest BCUT2D eigenvalue weighted by Crippen LogP contribution is -2.54. The fraction of sp³-hybridized carbons (Fsp3) is 0.182. The standard InChI is InChI=1S/C22H17F3N2O6/c1-3-32-18-10-13(7-8-17(18)33-12(2)28)9-16-19(29)26-21(31)27(20(16)30)15-6-4-5-14(11-15)22(23,24)25/h4-11H,3H2,1-2H3,(H,26,29,31)/b16-9-. The maximum absolute atomic E-state index is 13.1. The maximum atomic E-state index is 13.1. The van der Waals surface area contributed by atoms with Crippen LogP contribution in [0.25, 0.3) is 6.08 Å². The van der Waals surface area contributed by atoms with Gasteiger partial charge in [-0.1, -0.05) is 12.1 Å². The summed E-state index contributed by atoms with van der Waals surface area (Å²) in [4.78, 5) is 49.2. The van der Waals surface area contributed by atoms with Crippen LogP contribution in [0.15, 0.2) is 48.0 Å². The fourth-order valence-electron chi connectivity index (χ4n) is 3.00. The highest BCUT2D eigenvalue weighted by Gasteiger charge is 2.38. The molecule has 0 radical (unpaired) electrons. The minimum Gasteiger partial charge on any atom is -0.490 e. The Morgan fingerprint density at radius 3 is 2.45 bits per heavy atom. The highest BCUT2D eigenvalue weighted by atomic mass is 19.4. The molecule has 2 aromatic rings. The van der Waals surface area contributed by atoms with E-state index in [2.05, 4.69) is 0 Å². The number of urea groups is 1. The van der Waals surface area contributed by atoms with E-state index in [1.807, 2.05) is 5.32 Å². The first-order chi connectivity index (χ1) is 15.5. The second-order valence-electron chi connectivity index (χ2n) is 6.74. The van der Waals surface area contributed by atoms with Crippen LogP contribution in [0.5, 0.6) is 11.5 Å². The van der Waals surface area contributed by atoms with Crippen LogP contribution in [-0.2, 0) is 20.6 Å². The van der Waals surface area contributed by atoms with Crippen molar-refractivity contribution in [3.63, 3.8) is 0 Å². The molecule has 11 heteroatoms. The van der Waals surface area contributed by atoms with Crippen molar-refractivity contribution in [1.82, 2.24) is 5.32 Å². The summed E-state index contributed by atoms with van der Waals surface area (Å²) < 4.78 is 49.6. The number of hydrogen-bond acceptors (Lipinski definition) is 6. The summed E-state index contributed by atoms with van der Waals surface area (Å²) in [6, 6.07) is 6.65. The van der Waals surface area contributed by atoms with Gasteiger partial charge in [0, 0.05) is 6.92 Å². The normalized spacial score (nSPS) is 15.5. The molecule has 1 heterocycles. The predicted molar refractivity (Wildman–Crippen MR) is 109 cm³/mol. The fourth-order valence-corrected chi connectivity index (χ4v) is 3.00. The number of ether oxygens (including phenoxy) is 2. The lowest BCUT2D eigenvalue weighted by atomic mass is 10.1. The van der Waals surface area contributed by atoms with Crippen molar-refractivity contribution in [1.29, 1.82) is 0 Å². The largest absolute Gasteiger partial charge is 0.490 e. The third-order valence-corrected chi connectivity index (χ3v) is 4.37. The number of amides is 4. The molecular formula is C22H17F3N2O6. The molecule has 33 heavy (non-hydrogen) atoms. The number of barbiturate groups is 1. The molecule has 0 aromatic heterocycles. The lowest BCUT2D eigenvalue weighted by molar-refractivity contribution is -0.137. The number of alkyl halides is 3. The number of imide groups is 2. The SMILES string of the molecule is CCOc1cc(/C=C2/C(=O)NC(=O)N(c3cccc(C(F)(F)F)c3)C2=O)ccc1OC(C)=O. The molecule has 1 fully saturated rings. The van der Waals surface area contributed by atoms with Gasteiger partial charge in [0.2, 0.25) is 0 Å². The Morgan fingerprint density at radius 1 is 1.09 bits per heavy atom. The Morgan fingerprint density at radius 2 is 1.82 bits per heavy atom. The smallest absolute Gasteiger partial charge is 0.416 e. The van der Waals surface area contributed by atoms with Crippen molar-refractivity contribution < 1.29 is 41.8 Å². The number of anilines is 1. The average Bonchev–Trinajstić information content (AvgIpc) is 2.72. The van der Waals surface area contributed by atoms with Gasteiger partial charge in [-0.25, -0.2) is 9.69 Å². The van der Waals surface area contributed by atoms with Crippen LogP contribution >= 0.6 is 0 Å². The van der Waals surface area contributed by atoms with Gasteiger partial charge < -0.3 is 9.47 Å². The molecule has 0 bridgehead atoms. The van der Waals surface area contributed by atoms with E-state index in [0.717, 1.165) is 24.3 Å². The number of carbonyl (C=O) groups is 4. The molecule has 2 aromatic carbocycles. The molecule has 3 rings (SSSR count). The van der Waals surface area contributed by atoms with E-state index < -0.39 is 41.1 Å². The average molecular weight is 462 g/mol. The van der Waals surface area contributed by atoms with Gasteiger partial charge in [-0.3, -0.25) is 19.7 Å². The summed E-state index contributed by atoms with van der Waals surface area (Å²) in [6.07, 6.45) is -3.55. The number of rotatable bonds is 5. The van der Waals surface area contributed by atoms with Crippen molar-refractivity contribution in [2.75, 3.05) is 11.5 Å². The second kappa shape index (κ2) is 9.15. The van der Waals surface area contributed by atoms with Crippen LogP contribution in [0, 0.1) is 0 Å². The van der Waals surface area contributed by atoms with Gasteiger partial charge in [-0.2, -0.15) is 13.2 Å². The maximum Gasteiger partial charge on any atom is 0.416 e. The minimum absolute atomic E-state index is 0.117. The molecule has 0 unspecified atom stereocenters. The van der Waals surface area contributed by atoms with E-state index in [1.165, 1.54) is 25.1 Å². The van der Waals surface area contributed by atoms with Crippen LogP contribution in [0.2, 0.25) is 0 Å². The Hall–Kier alpha value is -4.15. The first-order valence-electron chi connectivity index (χ1n) is 9.55. The molecule has 0 spiro atoms.